The number of carbonyl (C=O) groups is 1. The van der Waals surface area contributed by atoms with Crippen LogP contribution in [0.1, 0.15) is 17.9 Å². The van der Waals surface area contributed by atoms with Crippen molar-refractivity contribution in [2.45, 2.75) is 12.3 Å². The molecule has 0 fully saturated rings. The molecule has 1 aliphatic heterocycles. The summed E-state index contributed by atoms with van der Waals surface area (Å²) in [5, 5.41) is 23.3. The summed E-state index contributed by atoms with van der Waals surface area (Å²) in [6, 6.07) is 8.16. The van der Waals surface area contributed by atoms with Gasteiger partial charge in [-0.2, -0.15) is 5.26 Å². The second-order valence-corrected chi connectivity index (χ2v) is 5.03. The minimum Gasteiger partial charge on any atom is -0.320 e. The van der Waals surface area contributed by atoms with E-state index in [1.165, 1.54) is 23.9 Å². The topological polar surface area (TPSA) is 96.0 Å². The Balaban J connectivity index is 2.50. The standard InChI is InChI=1S/C13H11N3O3S/c1-20-13-11(7-14)10(6-12(17)15-13)8-3-2-4-9(5-8)16(18)19/h2-5,10H,6H2,1H3,(H,15,17)/t10-/m1/s1. The van der Waals surface area contributed by atoms with Gasteiger partial charge in [0.25, 0.3) is 5.69 Å². The predicted octanol–water partition coefficient (Wildman–Crippen LogP) is 2.30. The van der Waals surface area contributed by atoms with Crippen LogP contribution >= 0.6 is 11.8 Å². The zero-order valence-electron chi connectivity index (χ0n) is 10.6. The average molecular weight is 289 g/mol. The summed E-state index contributed by atoms with van der Waals surface area (Å²) in [6.07, 6.45) is 1.89. The zero-order valence-corrected chi connectivity index (χ0v) is 11.4. The highest BCUT2D eigenvalue weighted by molar-refractivity contribution is 8.02. The number of nitro groups is 1. The maximum absolute atomic E-state index is 11.7. The van der Waals surface area contributed by atoms with Gasteiger partial charge in [0, 0.05) is 24.5 Å². The summed E-state index contributed by atoms with van der Waals surface area (Å²) in [4.78, 5) is 22.0. The molecule has 0 saturated heterocycles. The number of allylic oxidation sites excluding steroid dienone is 1. The van der Waals surface area contributed by atoms with E-state index in [1.54, 1.807) is 18.4 Å². The second kappa shape index (κ2) is 5.75. The number of hydrogen-bond acceptors (Lipinski definition) is 5. The second-order valence-electron chi connectivity index (χ2n) is 4.22. The van der Waals surface area contributed by atoms with Crippen molar-refractivity contribution in [3.8, 4) is 6.07 Å². The first-order chi connectivity index (χ1) is 9.56. The Morgan fingerprint density at radius 2 is 2.30 bits per heavy atom. The van der Waals surface area contributed by atoms with Gasteiger partial charge in [-0.15, -0.1) is 11.8 Å². The molecule has 1 heterocycles. The van der Waals surface area contributed by atoms with Crippen molar-refractivity contribution in [2.24, 2.45) is 0 Å². The number of non-ortho nitro benzene ring substituents is 1. The molecule has 2 rings (SSSR count). The monoisotopic (exact) mass is 289 g/mol. The van der Waals surface area contributed by atoms with Crippen LogP contribution in [-0.4, -0.2) is 17.1 Å². The lowest BCUT2D eigenvalue weighted by molar-refractivity contribution is -0.384. The Labute approximate surface area is 119 Å². The van der Waals surface area contributed by atoms with Gasteiger partial charge in [-0.25, -0.2) is 0 Å². The Morgan fingerprint density at radius 3 is 2.90 bits per heavy atom. The smallest absolute Gasteiger partial charge is 0.269 e. The molecular weight excluding hydrogens is 278 g/mol. The Morgan fingerprint density at radius 1 is 1.55 bits per heavy atom. The molecular formula is C13H11N3O3S. The molecule has 0 aromatic heterocycles. The number of amides is 1. The van der Waals surface area contributed by atoms with E-state index in [-0.39, 0.29) is 18.0 Å². The molecule has 0 bridgehead atoms. The lowest BCUT2D eigenvalue weighted by atomic mass is 9.87. The lowest BCUT2D eigenvalue weighted by Gasteiger charge is -2.24. The number of hydrogen-bond donors (Lipinski definition) is 1. The maximum Gasteiger partial charge on any atom is 0.269 e. The molecule has 1 amide bonds. The van der Waals surface area contributed by atoms with Crippen molar-refractivity contribution < 1.29 is 9.72 Å². The Kier molecular flexibility index (Phi) is 4.05. The van der Waals surface area contributed by atoms with E-state index in [2.05, 4.69) is 11.4 Å². The first kappa shape index (κ1) is 14.1. The predicted molar refractivity (Wildman–Crippen MR) is 74.8 cm³/mol. The van der Waals surface area contributed by atoms with Crippen LogP contribution in [0.5, 0.6) is 0 Å². The van der Waals surface area contributed by atoms with E-state index in [4.69, 9.17) is 0 Å². The van der Waals surface area contributed by atoms with Crippen LogP contribution < -0.4 is 5.32 Å². The summed E-state index contributed by atoms with van der Waals surface area (Å²) in [6.45, 7) is 0. The van der Waals surface area contributed by atoms with Crippen LogP contribution in [0.15, 0.2) is 34.9 Å². The van der Waals surface area contributed by atoms with Crippen molar-refractivity contribution in [2.75, 3.05) is 6.26 Å². The normalized spacial score (nSPS) is 18.4. The fourth-order valence-electron chi connectivity index (χ4n) is 2.12. The molecule has 1 atom stereocenters. The summed E-state index contributed by atoms with van der Waals surface area (Å²) in [5.74, 6) is -0.624. The summed E-state index contributed by atoms with van der Waals surface area (Å²) in [5.41, 5.74) is 1.01. The van der Waals surface area contributed by atoms with Gasteiger partial charge in [-0.05, 0) is 11.8 Å². The van der Waals surface area contributed by atoms with Crippen molar-refractivity contribution in [1.29, 1.82) is 5.26 Å². The third-order valence-electron chi connectivity index (χ3n) is 3.04. The molecule has 0 spiro atoms. The highest BCUT2D eigenvalue weighted by Gasteiger charge is 2.29. The van der Waals surface area contributed by atoms with Crippen LogP contribution in [0.3, 0.4) is 0 Å². The number of thioether (sulfide) groups is 1. The summed E-state index contributed by atoms with van der Waals surface area (Å²) >= 11 is 1.28. The number of benzene rings is 1. The average Bonchev–Trinajstić information content (AvgIpc) is 2.46. The van der Waals surface area contributed by atoms with E-state index in [0.717, 1.165) is 0 Å². The van der Waals surface area contributed by atoms with Gasteiger partial charge in [-0.1, -0.05) is 12.1 Å². The van der Waals surface area contributed by atoms with Gasteiger partial charge in [0.05, 0.1) is 21.6 Å². The molecule has 0 saturated carbocycles. The third kappa shape index (κ3) is 2.65. The first-order valence-corrected chi connectivity index (χ1v) is 7.01. The number of nitrogens with zero attached hydrogens (tertiary/aromatic N) is 2. The van der Waals surface area contributed by atoms with Crippen molar-refractivity contribution in [1.82, 2.24) is 5.32 Å². The molecule has 6 nitrogen and oxygen atoms in total. The highest BCUT2D eigenvalue weighted by atomic mass is 32.2. The highest BCUT2D eigenvalue weighted by Crippen LogP contribution is 2.36. The molecule has 0 aliphatic carbocycles. The third-order valence-corrected chi connectivity index (χ3v) is 3.77. The molecule has 7 heteroatoms. The molecule has 1 aliphatic rings. The molecule has 102 valence electrons. The van der Waals surface area contributed by atoms with Crippen LogP contribution in [0, 0.1) is 21.4 Å². The van der Waals surface area contributed by atoms with Crippen LogP contribution in [0.2, 0.25) is 0 Å². The molecule has 1 aromatic rings. The molecule has 1 N–H and O–H groups in total. The Hall–Kier alpha value is -2.33. The number of nitrogens with one attached hydrogen (secondary N) is 1. The van der Waals surface area contributed by atoms with Crippen LogP contribution in [0.25, 0.3) is 0 Å². The molecule has 20 heavy (non-hydrogen) atoms. The van der Waals surface area contributed by atoms with Gasteiger partial charge >= 0.3 is 0 Å². The number of nitro benzene ring substituents is 1. The van der Waals surface area contributed by atoms with E-state index in [1.807, 2.05) is 0 Å². The van der Waals surface area contributed by atoms with Gasteiger partial charge in [0.2, 0.25) is 5.91 Å². The van der Waals surface area contributed by atoms with E-state index in [9.17, 15) is 20.2 Å². The molecule has 0 unspecified atom stereocenters. The van der Waals surface area contributed by atoms with E-state index < -0.39 is 10.8 Å². The molecule has 1 aromatic carbocycles. The Bertz CT molecular complexity index is 649. The van der Waals surface area contributed by atoms with E-state index >= 15 is 0 Å². The molecule has 0 radical (unpaired) electrons. The largest absolute Gasteiger partial charge is 0.320 e. The summed E-state index contributed by atoms with van der Waals surface area (Å²) in [7, 11) is 0. The van der Waals surface area contributed by atoms with Crippen LogP contribution in [-0.2, 0) is 4.79 Å². The zero-order chi connectivity index (χ0) is 14.7. The van der Waals surface area contributed by atoms with Gasteiger partial charge in [0.15, 0.2) is 0 Å². The maximum atomic E-state index is 11.7. The summed E-state index contributed by atoms with van der Waals surface area (Å²) < 4.78 is 0. The van der Waals surface area contributed by atoms with Crippen LogP contribution in [0.4, 0.5) is 5.69 Å². The van der Waals surface area contributed by atoms with Gasteiger partial charge in [0.1, 0.15) is 0 Å². The minimum atomic E-state index is -0.488. The van der Waals surface area contributed by atoms with Crippen molar-refractivity contribution in [3.63, 3.8) is 0 Å². The van der Waals surface area contributed by atoms with Gasteiger partial charge < -0.3 is 5.32 Å². The van der Waals surface area contributed by atoms with Crippen molar-refractivity contribution >= 4 is 23.4 Å². The van der Waals surface area contributed by atoms with Gasteiger partial charge in [-0.3, -0.25) is 14.9 Å². The SMILES string of the molecule is CSC1=C(C#N)[C@@H](c2cccc([N+](=O)[O-])c2)CC(=O)N1. The number of rotatable bonds is 3. The fourth-order valence-corrected chi connectivity index (χ4v) is 2.74. The lowest BCUT2D eigenvalue weighted by Crippen LogP contribution is -2.30. The quantitative estimate of drug-likeness (QED) is 0.680. The number of carbonyl (C=O) groups excluding carboxylic acids is 1. The first-order valence-electron chi connectivity index (χ1n) is 5.79. The van der Waals surface area contributed by atoms with E-state index in [0.29, 0.717) is 16.2 Å². The fraction of sp³-hybridized carbons (Fsp3) is 0.231. The minimum absolute atomic E-state index is 0.0449. The van der Waals surface area contributed by atoms with Crippen molar-refractivity contribution in [3.05, 3.63) is 50.5 Å². The number of nitriles is 1.